The highest BCUT2D eigenvalue weighted by molar-refractivity contribution is 7.89. The van der Waals surface area contributed by atoms with Gasteiger partial charge in [-0.15, -0.1) is 0 Å². The average molecular weight is 414 g/mol. The van der Waals surface area contributed by atoms with Crippen molar-refractivity contribution >= 4 is 20.9 Å². The van der Waals surface area contributed by atoms with Crippen LogP contribution in [0.15, 0.2) is 41.4 Å². The molecule has 2 aromatic carbocycles. The standard InChI is InChI=1S/C23H31N3O2S/c1-15-12-16(2)18(4)23(17(15)3)29(27,28)24-13-22(25(5)6)20-14-26(7)21-11-9-8-10-19(20)21/h8-12,14,22,24H,13H2,1-7H3. The third kappa shape index (κ3) is 3.97. The summed E-state index contributed by atoms with van der Waals surface area (Å²) in [5.74, 6) is 0. The largest absolute Gasteiger partial charge is 0.350 e. The van der Waals surface area contributed by atoms with Crippen LogP contribution in [-0.2, 0) is 17.1 Å². The molecule has 1 atom stereocenters. The molecule has 6 heteroatoms. The molecule has 156 valence electrons. The first-order valence-corrected chi connectivity index (χ1v) is 11.3. The van der Waals surface area contributed by atoms with E-state index in [2.05, 4.69) is 32.5 Å². The van der Waals surface area contributed by atoms with Gasteiger partial charge in [-0.05, 0) is 75.7 Å². The highest BCUT2D eigenvalue weighted by atomic mass is 32.2. The van der Waals surface area contributed by atoms with Gasteiger partial charge in [0.25, 0.3) is 0 Å². The van der Waals surface area contributed by atoms with Gasteiger partial charge >= 0.3 is 0 Å². The van der Waals surface area contributed by atoms with Crippen molar-refractivity contribution in [2.24, 2.45) is 7.05 Å². The molecule has 0 radical (unpaired) electrons. The second-order valence-electron chi connectivity index (χ2n) is 8.13. The maximum Gasteiger partial charge on any atom is 0.241 e. The minimum atomic E-state index is -3.63. The summed E-state index contributed by atoms with van der Waals surface area (Å²) in [5.41, 5.74) is 5.86. The van der Waals surface area contributed by atoms with E-state index in [1.807, 2.05) is 67.0 Å². The first-order chi connectivity index (χ1) is 13.5. The van der Waals surface area contributed by atoms with Crippen molar-refractivity contribution in [1.29, 1.82) is 0 Å². The molecular weight excluding hydrogens is 382 g/mol. The minimum Gasteiger partial charge on any atom is -0.350 e. The number of hydrogen-bond acceptors (Lipinski definition) is 3. The summed E-state index contributed by atoms with van der Waals surface area (Å²) in [6.07, 6.45) is 2.09. The van der Waals surface area contributed by atoms with Crippen LogP contribution in [0.25, 0.3) is 10.9 Å². The Kier molecular flexibility index (Phi) is 5.90. The lowest BCUT2D eigenvalue weighted by atomic mass is 10.0. The van der Waals surface area contributed by atoms with E-state index in [9.17, 15) is 8.42 Å². The number of aryl methyl sites for hydroxylation is 3. The second kappa shape index (κ2) is 7.94. The Bertz CT molecular complexity index is 1130. The van der Waals surface area contributed by atoms with Crippen molar-refractivity contribution in [2.75, 3.05) is 20.6 Å². The number of para-hydroxylation sites is 1. The highest BCUT2D eigenvalue weighted by Gasteiger charge is 2.25. The lowest BCUT2D eigenvalue weighted by Gasteiger charge is -2.25. The summed E-state index contributed by atoms with van der Waals surface area (Å²) in [6, 6.07) is 10.2. The normalized spacial score (nSPS) is 13.4. The summed E-state index contributed by atoms with van der Waals surface area (Å²) in [7, 11) is 2.35. The number of likely N-dealkylation sites (N-methyl/N-ethyl adjacent to an activating group) is 1. The summed E-state index contributed by atoms with van der Waals surface area (Å²) in [4.78, 5) is 2.47. The molecule has 29 heavy (non-hydrogen) atoms. The number of benzene rings is 2. The molecule has 0 amide bonds. The number of aromatic nitrogens is 1. The Balaban J connectivity index is 1.98. The molecule has 0 aliphatic carbocycles. The second-order valence-corrected chi connectivity index (χ2v) is 9.84. The number of hydrogen-bond donors (Lipinski definition) is 1. The molecule has 0 spiro atoms. The van der Waals surface area contributed by atoms with Gasteiger partial charge in [0.05, 0.1) is 4.90 Å². The maximum absolute atomic E-state index is 13.3. The molecule has 5 nitrogen and oxygen atoms in total. The molecule has 0 aliphatic heterocycles. The van der Waals surface area contributed by atoms with Gasteiger partial charge in [0.1, 0.15) is 0 Å². The third-order valence-corrected chi connectivity index (χ3v) is 7.64. The summed E-state index contributed by atoms with van der Waals surface area (Å²) in [6.45, 7) is 7.98. The molecule has 3 aromatic rings. The van der Waals surface area contributed by atoms with E-state index in [0.717, 1.165) is 38.7 Å². The van der Waals surface area contributed by atoms with E-state index in [-0.39, 0.29) is 6.04 Å². The number of sulfonamides is 1. The van der Waals surface area contributed by atoms with Crippen LogP contribution in [0.3, 0.4) is 0 Å². The van der Waals surface area contributed by atoms with Gasteiger partial charge in [-0.1, -0.05) is 24.3 Å². The zero-order valence-electron chi connectivity index (χ0n) is 18.4. The van der Waals surface area contributed by atoms with E-state index in [1.54, 1.807) is 0 Å². The van der Waals surface area contributed by atoms with Gasteiger partial charge in [0.2, 0.25) is 10.0 Å². The molecule has 0 saturated heterocycles. The van der Waals surface area contributed by atoms with Crippen molar-refractivity contribution in [3.05, 3.63) is 64.3 Å². The van der Waals surface area contributed by atoms with Gasteiger partial charge in [0, 0.05) is 36.7 Å². The number of fused-ring (bicyclic) bond motifs is 1. The van der Waals surface area contributed by atoms with Crippen LogP contribution in [0, 0.1) is 27.7 Å². The van der Waals surface area contributed by atoms with Crippen LogP contribution >= 0.6 is 0 Å². The lowest BCUT2D eigenvalue weighted by Crippen LogP contribution is -2.35. The Labute approximate surface area is 174 Å². The van der Waals surface area contributed by atoms with Crippen LogP contribution in [0.4, 0.5) is 0 Å². The average Bonchev–Trinajstić information content (AvgIpc) is 2.97. The van der Waals surface area contributed by atoms with Crippen molar-refractivity contribution in [3.8, 4) is 0 Å². The zero-order chi connectivity index (χ0) is 21.5. The van der Waals surface area contributed by atoms with Crippen LogP contribution in [0.2, 0.25) is 0 Å². The molecular formula is C23H31N3O2S. The van der Waals surface area contributed by atoms with Gasteiger partial charge in [0.15, 0.2) is 0 Å². The smallest absolute Gasteiger partial charge is 0.241 e. The van der Waals surface area contributed by atoms with Crippen LogP contribution < -0.4 is 4.72 Å². The van der Waals surface area contributed by atoms with E-state index in [4.69, 9.17) is 0 Å². The first kappa shape index (κ1) is 21.6. The van der Waals surface area contributed by atoms with E-state index < -0.39 is 10.0 Å². The Morgan fingerprint density at radius 3 is 2.21 bits per heavy atom. The van der Waals surface area contributed by atoms with Crippen molar-refractivity contribution in [2.45, 2.75) is 38.6 Å². The van der Waals surface area contributed by atoms with Crippen molar-refractivity contribution in [3.63, 3.8) is 0 Å². The van der Waals surface area contributed by atoms with Gasteiger partial charge < -0.3 is 9.47 Å². The van der Waals surface area contributed by atoms with Crippen molar-refractivity contribution < 1.29 is 8.42 Å². The molecule has 1 unspecified atom stereocenters. The van der Waals surface area contributed by atoms with Gasteiger partial charge in [-0.25, -0.2) is 13.1 Å². The predicted octanol–water partition coefficient (Wildman–Crippen LogP) is 3.99. The van der Waals surface area contributed by atoms with Crippen LogP contribution in [-0.4, -0.2) is 38.5 Å². The summed E-state index contributed by atoms with van der Waals surface area (Å²) >= 11 is 0. The SMILES string of the molecule is Cc1cc(C)c(C)c(S(=O)(=O)NCC(c2cn(C)c3ccccc23)N(C)C)c1C. The Morgan fingerprint density at radius 1 is 1.03 bits per heavy atom. The fourth-order valence-corrected chi connectivity index (χ4v) is 5.70. The summed E-state index contributed by atoms with van der Waals surface area (Å²) < 4.78 is 31.5. The predicted molar refractivity (Wildman–Crippen MR) is 120 cm³/mol. The maximum atomic E-state index is 13.3. The summed E-state index contributed by atoms with van der Waals surface area (Å²) in [5, 5.41) is 1.15. The van der Waals surface area contributed by atoms with E-state index in [0.29, 0.717) is 11.4 Å². The molecule has 1 aromatic heterocycles. The molecule has 3 rings (SSSR count). The number of rotatable bonds is 6. The lowest BCUT2D eigenvalue weighted by molar-refractivity contribution is 0.301. The fraction of sp³-hybridized carbons (Fsp3) is 0.391. The van der Waals surface area contributed by atoms with Crippen LogP contribution in [0.1, 0.15) is 33.9 Å². The van der Waals surface area contributed by atoms with Gasteiger partial charge in [-0.3, -0.25) is 0 Å². The minimum absolute atomic E-state index is 0.0811. The number of nitrogens with zero attached hydrogens (tertiary/aromatic N) is 2. The Morgan fingerprint density at radius 2 is 1.62 bits per heavy atom. The Hall–Kier alpha value is -2.15. The first-order valence-electron chi connectivity index (χ1n) is 9.82. The third-order valence-electron chi connectivity index (χ3n) is 5.94. The van der Waals surface area contributed by atoms with E-state index in [1.165, 1.54) is 0 Å². The van der Waals surface area contributed by atoms with Crippen molar-refractivity contribution in [1.82, 2.24) is 14.2 Å². The topological polar surface area (TPSA) is 54.3 Å². The highest BCUT2D eigenvalue weighted by Crippen LogP contribution is 2.30. The monoisotopic (exact) mass is 413 g/mol. The fourth-order valence-electron chi connectivity index (χ4n) is 4.05. The molecule has 0 fully saturated rings. The molecule has 0 aliphatic rings. The quantitative estimate of drug-likeness (QED) is 0.665. The molecule has 0 bridgehead atoms. The zero-order valence-corrected chi connectivity index (χ0v) is 19.2. The van der Waals surface area contributed by atoms with Gasteiger partial charge in [-0.2, -0.15) is 0 Å². The molecule has 0 saturated carbocycles. The molecule has 1 heterocycles. The molecule has 1 N–H and O–H groups in total. The van der Waals surface area contributed by atoms with E-state index >= 15 is 0 Å². The van der Waals surface area contributed by atoms with Crippen LogP contribution in [0.5, 0.6) is 0 Å². The number of nitrogens with one attached hydrogen (secondary N) is 1.